The smallest absolute Gasteiger partial charge is 0.432 e. The third kappa shape index (κ3) is 5.42. The number of sulfone groups is 1. The van der Waals surface area contributed by atoms with Crippen molar-refractivity contribution in [3.63, 3.8) is 0 Å². The maximum Gasteiger partial charge on any atom is 0.432 e. The van der Waals surface area contributed by atoms with Crippen LogP contribution in [0.3, 0.4) is 0 Å². The van der Waals surface area contributed by atoms with Gasteiger partial charge in [-0.25, -0.2) is 26.4 Å². The molecule has 43 heavy (non-hydrogen) atoms. The second-order valence-corrected chi connectivity index (χ2v) is 12.9. The maximum absolute atomic E-state index is 14.8. The van der Waals surface area contributed by atoms with Gasteiger partial charge in [-0.15, -0.1) is 0 Å². The van der Waals surface area contributed by atoms with Gasteiger partial charge in [-0.05, 0) is 42.7 Å². The van der Waals surface area contributed by atoms with Crippen molar-refractivity contribution in [3.8, 4) is 6.07 Å². The number of carbonyl (C=O) groups excluding carboxylic acids is 2. The molecule has 0 unspecified atom stereocenters. The Labute approximate surface area is 243 Å². The summed E-state index contributed by atoms with van der Waals surface area (Å²) in [7, 11) is -3.58. The normalized spacial score (nSPS) is 21.3. The first kappa shape index (κ1) is 30.0. The molecule has 1 aromatic heterocycles. The lowest BCUT2D eigenvalue weighted by Crippen LogP contribution is -2.54. The van der Waals surface area contributed by atoms with E-state index in [0.29, 0.717) is 4.68 Å². The predicted molar refractivity (Wildman–Crippen MR) is 146 cm³/mol. The topological polar surface area (TPSA) is 162 Å². The summed E-state index contributed by atoms with van der Waals surface area (Å²) in [6.45, 7) is -0.466. The Morgan fingerprint density at radius 1 is 1.09 bits per heavy atom. The van der Waals surface area contributed by atoms with Gasteiger partial charge in [-0.1, -0.05) is 12.1 Å². The number of aromatic nitrogens is 2. The summed E-state index contributed by atoms with van der Waals surface area (Å²) in [5, 5.41) is 25.5. The average Bonchev–Trinajstić information content (AvgIpc) is 3.56. The average molecular weight is 618 g/mol. The van der Waals surface area contributed by atoms with Gasteiger partial charge < -0.3 is 15.3 Å². The number of anilines is 1. The Hall–Kier alpha value is -4.45. The van der Waals surface area contributed by atoms with E-state index in [2.05, 4.69) is 10.4 Å². The van der Waals surface area contributed by atoms with E-state index in [4.69, 9.17) is 0 Å². The van der Waals surface area contributed by atoms with Gasteiger partial charge in [-0.2, -0.15) is 15.0 Å². The molecule has 1 saturated heterocycles. The molecule has 5 rings (SSSR count). The Bertz CT molecular complexity index is 1770. The number of hydrogen-bond acceptors (Lipinski definition) is 7. The van der Waals surface area contributed by atoms with Crippen molar-refractivity contribution >= 4 is 44.3 Å². The first-order chi connectivity index (χ1) is 20.2. The van der Waals surface area contributed by atoms with Crippen molar-refractivity contribution in [1.29, 1.82) is 5.26 Å². The summed E-state index contributed by atoms with van der Waals surface area (Å²) in [6.07, 6.45) is -3.07. The molecule has 0 spiro atoms. The number of alkyl halides is 3. The Kier molecular flexibility index (Phi) is 7.45. The zero-order valence-electron chi connectivity index (χ0n) is 22.8. The van der Waals surface area contributed by atoms with Crippen molar-refractivity contribution in [1.82, 2.24) is 14.7 Å². The van der Waals surface area contributed by atoms with Gasteiger partial charge in [0.1, 0.15) is 18.3 Å². The SMILES string of the molecule is CS(=O)(=O)c1ccc(C2(C(=O)N3C[C@H](F)C[C@@H]3C(=O)Nc3ccc4c(cnn4C(=O)O)c3C#N)CCC(F)(F)CC2)cc1. The minimum Gasteiger partial charge on any atom is -0.463 e. The van der Waals surface area contributed by atoms with E-state index in [9.17, 15) is 46.3 Å². The zero-order valence-corrected chi connectivity index (χ0v) is 23.6. The number of nitrogens with one attached hydrogen (secondary N) is 1. The summed E-state index contributed by atoms with van der Waals surface area (Å²) in [5.41, 5.74) is -1.27. The molecule has 3 aromatic rings. The molecule has 0 bridgehead atoms. The molecule has 1 saturated carbocycles. The third-order valence-electron chi connectivity index (χ3n) is 8.20. The molecule has 1 aliphatic heterocycles. The molecule has 15 heteroatoms. The van der Waals surface area contributed by atoms with Crippen molar-refractivity contribution in [3.05, 3.63) is 53.7 Å². The first-order valence-electron chi connectivity index (χ1n) is 13.3. The van der Waals surface area contributed by atoms with Crippen LogP contribution >= 0.6 is 0 Å². The second kappa shape index (κ2) is 10.7. The van der Waals surface area contributed by atoms with Crippen LogP contribution in [0.5, 0.6) is 0 Å². The van der Waals surface area contributed by atoms with Crippen molar-refractivity contribution in [2.24, 2.45) is 0 Å². The van der Waals surface area contributed by atoms with Gasteiger partial charge in [0, 0.05) is 30.9 Å². The van der Waals surface area contributed by atoms with Crippen LogP contribution in [0.25, 0.3) is 10.9 Å². The Morgan fingerprint density at radius 3 is 2.33 bits per heavy atom. The fourth-order valence-corrected chi connectivity index (χ4v) is 6.55. The summed E-state index contributed by atoms with van der Waals surface area (Å²) < 4.78 is 68.0. The molecule has 2 N–H and O–H groups in total. The number of hydrogen-bond donors (Lipinski definition) is 2. The number of fused-ring (bicyclic) bond motifs is 1. The number of rotatable bonds is 5. The lowest BCUT2D eigenvalue weighted by Gasteiger charge is -2.42. The number of nitriles is 1. The molecule has 2 aliphatic rings. The van der Waals surface area contributed by atoms with Crippen LogP contribution in [0.2, 0.25) is 0 Å². The number of likely N-dealkylation sites (tertiary alicyclic amines) is 1. The predicted octanol–water partition coefficient (Wildman–Crippen LogP) is 3.86. The van der Waals surface area contributed by atoms with E-state index in [-0.39, 0.29) is 51.9 Å². The zero-order chi connectivity index (χ0) is 31.3. The highest BCUT2D eigenvalue weighted by atomic mass is 32.2. The Balaban J connectivity index is 1.48. The van der Waals surface area contributed by atoms with E-state index in [0.717, 1.165) is 17.4 Å². The highest BCUT2D eigenvalue weighted by Gasteiger charge is 2.53. The largest absolute Gasteiger partial charge is 0.463 e. The summed E-state index contributed by atoms with van der Waals surface area (Å²) in [4.78, 5) is 40.1. The molecule has 226 valence electrons. The van der Waals surface area contributed by atoms with Crippen LogP contribution in [-0.2, 0) is 24.8 Å². The molecule has 2 aromatic carbocycles. The Morgan fingerprint density at radius 2 is 1.74 bits per heavy atom. The van der Waals surface area contributed by atoms with Gasteiger partial charge in [0.05, 0.1) is 39.8 Å². The van der Waals surface area contributed by atoms with Crippen molar-refractivity contribution < 1.29 is 41.1 Å². The van der Waals surface area contributed by atoms with Crippen molar-refractivity contribution in [2.45, 2.75) is 60.6 Å². The summed E-state index contributed by atoms with van der Waals surface area (Å²) in [6, 6.07) is 8.53. The second-order valence-electron chi connectivity index (χ2n) is 10.9. The van der Waals surface area contributed by atoms with Gasteiger partial charge in [-0.3, -0.25) is 9.59 Å². The minimum atomic E-state index is -3.58. The van der Waals surface area contributed by atoms with Crippen LogP contribution in [0, 0.1) is 11.3 Å². The maximum atomic E-state index is 14.8. The lowest BCUT2D eigenvalue weighted by molar-refractivity contribution is -0.146. The fourth-order valence-electron chi connectivity index (χ4n) is 5.92. The van der Waals surface area contributed by atoms with E-state index in [1.807, 2.05) is 6.07 Å². The highest BCUT2D eigenvalue weighted by Crippen LogP contribution is 2.47. The fraction of sp³-hybridized carbons (Fsp3) is 0.393. The van der Waals surface area contributed by atoms with E-state index in [1.165, 1.54) is 36.4 Å². The lowest BCUT2D eigenvalue weighted by atomic mass is 9.67. The van der Waals surface area contributed by atoms with Gasteiger partial charge in [0.2, 0.25) is 17.7 Å². The summed E-state index contributed by atoms with van der Waals surface area (Å²) in [5.74, 6) is -4.57. The number of benzene rings is 2. The summed E-state index contributed by atoms with van der Waals surface area (Å²) >= 11 is 0. The monoisotopic (exact) mass is 617 g/mol. The number of carboxylic acid groups (broad SMARTS) is 1. The first-order valence-corrected chi connectivity index (χ1v) is 15.1. The molecule has 11 nitrogen and oxygen atoms in total. The molecule has 2 atom stereocenters. The van der Waals surface area contributed by atoms with E-state index >= 15 is 0 Å². The number of halogens is 3. The van der Waals surface area contributed by atoms with Crippen LogP contribution in [0.1, 0.15) is 43.2 Å². The van der Waals surface area contributed by atoms with Gasteiger partial charge in [0.25, 0.3) is 0 Å². The quantitative estimate of drug-likeness (QED) is 0.436. The number of carbonyl (C=O) groups is 3. The van der Waals surface area contributed by atoms with Crippen LogP contribution in [0.4, 0.5) is 23.7 Å². The third-order valence-corrected chi connectivity index (χ3v) is 9.33. The van der Waals surface area contributed by atoms with Crippen molar-refractivity contribution in [2.75, 3.05) is 18.1 Å². The van der Waals surface area contributed by atoms with E-state index in [1.54, 1.807) is 0 Å². The van der Waals surface area contributed by atoms with Gasteiger partial charge >= 0.3 is 6.09 Å². The molecule has 1 aliphatic carbocycles. The molecule has 2 fully saturated rings. The van der Waals surface area contributed by atoms with Crippen LogP contribution in [0.15, 0.2) is 47.5 Å². The number of amides is 2. The molecule has 0 radical (unpaired) electrons. The highest BCUT2D eigenvalue weighted by molar-refractivity contribution is 7.90. The van der Waals surface area contributed by atoms with Crippen LogP contribution < -0.4 is 5.32 Å². The molecular formula is C28H26F3N5O6S. The van der Waals surface area contributed by atoms with Crippen LogP contribution in [-0.4, -0.2) is 77.0 Å². The minimum absolute atomic E-state index is 0.0111. The molecule has 2 heterocycles. The molecular weight excluding hydrogens is 591 g/mol. The van der Waals surface area contributed by atoms with E-state index < -0.39 is 70.7 Å². The number of nitrogens with zero attached hydrogens (tertiary/aromatic N) is 4. The standard InChI is InChI=1S/C28H26F3N5O6S/c1-43(41,42)18-4-2-16(3-5-18)27(8-10-28(30,31)11-9-27)25(38)35-15-17(29)12-23(35)24(37)34-21-6-7-22-20(19(21)13-32)14-33-36(22)26(39)40/h2-7,14,17,23H,8-12,15H2,1H3,(H,34,37)(H,39,40)/t17-,23-/m1/s1. The van der Waals surface area contributed by atoms with Gasteiger partial charge in [0.15, 0.2) is 9.84 Å². The molecule has 2 amide bonds.